The van der Waals surface area contributed by atoms with E-state index in [1.807, 2.05) is 6.92 Å². The monoisotopic (exact) mass is 304 g/mol. The van der Waals surface area contributed by atoms with Crippen molar-refractivity contribution in [3.63, 3.8) is 0 Å². The summed E-state index contributed by atoms with van der Waals surface area (Å²) in [6.45, 7) is 5.78. The fourth-order valence-electron chi connectivity index (χ4n) is 2.50. The summed E-state index contributed by atoms with van der Waals surface area (Å²) in [4.78, 5) is 14.8. The molecule has 0 saturated carbocycles. The quantitative estimate of drug-likeness (QED) is 0.873. The van der Waals surface area contributed by atoms with Crippen molar-refractivity contribution in [2.45, 2.75) is 26.4 Å². The minimum absolute atomic E-state index is 0.111. The Bertz CT molecular complexity index is 649. The van der Waals surface area contributed by atoms with Gasteiger partial charge in [0.2, 0.25) is 0 Å². The van der Waals surface area contributed by atoms with Gasteiger partial charge in [0.25, 0.3) is 0 Å². The highest BCUT2D eigenvalue weighted by Gasteiger charge is 2.26. The smallest absolute Gasteiger partial charge is 0.141 e. The van der Waals surface area contributed by atoms with Crippen molar-refractivity contribution < 1.29 is 4.74 Å². The molecule has 1 atom stereocenters. The molecule has 110 valence electrons. The van der Waals surface area contributed by atoms with Crippen molar-refractivity contribution in [3.05, 3.63) is 41.1 Å². The zero-order valence-corrected chi connectivity index (χ0v) is 12.8. The maximum Gasteiger partial charge on any atom is 0.141 e. The lowest BCUT2D eigenvalue weighted by molar-refractivity contribution is 0.225. The van der Waals surface area contributed by atoms with Gasteiger partial charge in [0.1, 0.15) is 29.0 Å². The second-order valence-electron chi connectivity index (χ2n) is 5.19. The van der Waals surface area contributed by atoms with Gasteiger partial charge in [0, 0.05) is 42.7 Å². The van der Waals surface area contributed by atoms with Crippen LogP contribution in [0.2, 0.25) is 5.02 Å². The Morgan fingerprint density at radius 2 is 2.19 bits per heavy atom. The van der Waals surface area contributed by atoms with Gasteiger partial charge in [-0.3, -0.25) is 4.98 Å². The van der Waals surface area contributed by atoms with Crippen LogP contribution in [0.4, 0.5) is 5.82 Å². The van der Waals surface area contributed by atoms with Gasteiger partial charge in [-0.05, 0) is 13.8 Å². The Morgan fingerprint density at radius 1 is 1.33 bits per heavy atom. The number of ether oxygens (including phenoxy) is 1. The second-order valence-corrected chi connectivity index (χ2v) is 5.60. The van der Waals surface area contributed by atoms with Crippen LogP contribution in [0, 0.1) is 13.8 Å². The van der Waals surface area contributed by atoms with Crippen molar-refractivity contribution >= 4 is 17.4 Å². The topological polar surface area (TPSA) is 51.1 Å². The standard InChI is InChI=1S/C15H17ClN4O/c1-10-11(2)18-9-19-15(10)20-6-4-12(8-20)21-14-3-5-17-7-13(14)16/h3,5,7,9,12H,4,6,8H2,1-2H3. The Kier molecular flexibility index (Phi) is 3.92. The number of hydrogen-bond donors (Lipinski definition) is 0. The van der Waals surface area contributed by atoms with Crippen molar-refractivity contribution in [1.29, 1.82) is 0 Å². The molecule has 21 heavy (non-hydrogen) atoms. The molecule has 0 spiro atoms. The van der Waals surface area contributed by atoms with E-state index in [0.717, 1.165) is 36.6 Å². The van der Waals surface area contributed by atoms with Crippen LogP contribution in [0.25, 0.3) is 0 Å². The van der Waals surface area contributed by atoms with Gasteiger partial charge < -0.3 is 9.64 Å². The zero-order chi connectivity index (χ0) is 14.8. The van der Waals surface area contributed by atoms with E-state index in [4.69, 9.17) is 16.3 Å². The molecule has 3 heterocycles. The molecule has 0 aliphatic carbocycles. The fraction of sp³-hybridized carbons (Fsp3) is 0.400. The Balaban J connectivity index is 1.71. The molecular formula is C15H17ClN4O. The lowest BCUT2D eigenvalue weighted by Crippen LogP contribution is -2.26. The predicted octanol–water partition coefficient (Wildman–Crippen LogP) is 2.80. The summed E-state index contributed by atoms with van der Waals surface area (Å²) >= 11 is 6.08. The number of halogens is 1. The lowest BCUT2D eigenvalue weighted by Gasteiger charge is -2.20. The van der Waals surface area contributed by atoms with Crippen LogP contribution in [0.5, 0.6) is 5.75 Å². The number of aryl methyl sites for hydroxylation is 1. The second kappa shape index (κ2) is 5.85. The highest BCUT2D eigenvalue weighted by atomic mass is 35.5. The molecule has 1 aliphatic rings. The molecule has 5 nitrogen and oxygen atoms in total. The van der Waals surface area contributed by atoms with E-state index in [0.29, 0.717) is 10.8 Å². The van der Waals surface area contributed by atoms with E-state index in [1.165, 1.54) is 0 Å². The first kappa shape index (κ1) is 14.1. The maximum absolute atomic E-state index is 6.08. The highest BCUT2D eigenvalue weighted by molar-refractivity contribution is 6.31. The Labute approximate surface area is 129 Å². The van der Waals surface area contributed by atoms with Gasteiger partial charge in [-0.15, -0.1) is 0 Å². The molecule has 1 fully saturated rings. The number of pyridine rings is 1. The van der Waals surface area contributed by atoms with E-state index in [-0.39, 0.29) is 6.10 Å². The molecule has 2 aromatic rings. The predicted molar refractivity (Wildman–Crippen MR) is 82.0 cm³/mol. The summed E-state index contributed by atoms with van der Waals surface area (Å²) < 4.78 is 5.97. The van der Waals surface area contributed by atoms with E-state index in [2.05, 4.69) is 26.8 Å². The summed E-state index contributed by atoms with van der Waals surface area (Å²) in [5.41, 5.74) is 2.14. The summed E-state index contributed by atoms with van der Waals surface area (Å²) in [5.74, 6) is 1.68. The third-order valence-electron chi connectivity index (χ3n) is 3.78. The molecule has 0 bridgehead atoms. The molecule has 0 aromatic carbocycles. The normalized spacial score (nSPS) is 18.0. The highest BCUT2D eigenvalue weighted by Crippen LogP contribution is 2.28. The van der Waals surface area contributed by atoms with Crippen LogP contribution in [0.3, 0.4) is 0 Å². The van der Waals surface area contributed by atoms with Crippen LogP contribution >= 0.6 is 11.6 Å². The zero-order valence-electron chi connectivity index (χ0n) is 12.1. The molecule has 0 N–H and O–H groups in total. The molecule has 0 amide bonds. The SMILES string of the molecule is Cc1ncnc(N2CCC(Oc3ccncc3Cl)C2)c1C. The van der Waals surface area contributed by atoms with Gasteiger partial charge in [0.15, 0.2) is 0 Å². The molecule has 1 unspecified atom stereocenters. The van der Waals surface area contributed by atoms with E-state index in [9.17, 15) is 0 Å². The first-order valence-electron chi connectivity index (χ1n) is 6.94. The largest absolute Gasteiger partial charge is 0.487 e. The molecule has 1 aliphatic heterocycles. The summed E-state index contributed by atoms with van der Waals surface area (Å²) in [6.07, 6.45) is 5.96. The van der Waals surface area contributed by atoms with Crippen LogP contribution in [0.15, 0.2) is 24.8 Å². The van der Waals surface area contributed by atoms with Crippen LogP contribution in [-0.2, 0) is 0 Å². The van der Waals surface area contributed by atoms with E-state index < -0.39 is 0 Å². The summed E-state index contributed by atoms with van der Waals surface area (Å²) in [6, 6.07) is 1.80. The van der Waals surface area contributed by atoms with E-state index >= 15 is 0 Å². The molecular weight excluding hydrogens is 288 g/mol. The summed E-state index contributed by atoms with van der Waals surface area (Å²) in [5, 5.41) is 0.546. The van der Waals surface area contributed by atoms with Crippen molar-refractivity contribution in [2.75, 3.05) is 18.0 Å². The third kappa shape index (κ3) is 2.93. The molecule has 6 heteroatoms. The van der Waals surface area contributed by atoms with Gasteiger partial charge in [-0.25, -0.2) is 9.97 Å². The first-order chi connectivity index (χ1) is 10.1. The Morgan fingerprint density at radius 3 is 3.00 bits per heavy atom. The third-order valence-corrected chi connectivity index (χ3v) is 4.07. The van der Waals surface area contributed by atoms with Gasteiger partial charge in [-0.2, -0.15) is 0 Å². The molecule has 2 aromatic heterocycles. The van der Waals surface area contributed by atoms with Crippen molar-refractivity contribution in [2.24, 2.45) is 0 Å². The minimum Gasteiger partial charge on any atom is -0.487 e. The van der Waals surface area contributed by atoms with Crippen LogP contribution < -0.4 is 9.64 Å². The van der Waals surface area contributed by atoms with Crippen LogP contribution in [0.1, 0.15) is 17.7 Å². The lowest BCUT2D eigenvalue weighted by atomic mass is 10.2. The number of aromatic nitrogens is 3. The number of anilines is 1. The fourth-order valence-corrected chi connectivity index (χ4v) is 2.66. The minimum atomic E-state index is 0.111. The average Bonchev–Trinajstić information content (AvgIpc) is 2.93. The van der Waals surface area contributed by atoms with Gasteiger partial charge in [-0.1, -0.05) is 11.6 Å². The van der Waals surface area contributed by atoms with Crippen LogP contribution in [-0.4, -0.2) is 34.1 Å². The molecule has 0 radical (unpaired) electrons. The van der Waals surface area contributed by atoms with Gasteiger partial charge >= 0.3 is 0 Å². The van der Waals surface area contributed by atoms with Crippen molar-refractivity contribution in [1.82, 2.24) is 15.0 Å². The molecule has 3 rings (SSSR count). The van der Waals surface area contributed by atoms with Gasteiger partial charge in [0.05, 0.1) is 6.54 Å². The maximum atomic E-state index is 6.08. The first-order valence-corrected chi connectivity index (χ1v) is 7.32. The number of rotatable bonds is 3. The van der Waals surface area contributed by atoms with Crippen molar-refractivity contribution in [3.8, 4) is 5.75 Å². The average molecular weight is 305 g/mol. The van der Waals surface area contributed by atoms with E-state index in [1.54, 1.807) is 24.8 Å². The summed E-state index contributed by atoms with van der Waals surface area (Å²) in [7, 11) is 0. The Hall–Kier alpha value is -1.88. The molecule has 1 saturated heterocycles. The number of nitrogens with zero attached hydrogens (tertiary/aromatic N) is 4. The number of hydrogen-bond acceptors (Lipinski definition) is 5.